The zero-order chi connectivity index (χ0) is 21.4. The predicted molar refractivity (Wildman–Crippen MR) is 110 cm³/mol. The molecule has 4 N–H and O–H groups in total. The lowest BCUT2D eigenvalue weighted by Crippen LogP contribution is -2.42. The van der Waals surface area contributed by atoms with E-state index in [0.717, 1.165) is 0 Å². The quantitative estimate of drug-likeness (QED) is 0.458. The summed E-state index contributed by atoms with van der Waals surface area (Å²) in [4.78, 5) is 24.8. The van der Waals surface area contributed by atoms with Crippen LogP contribution in [-0.4, -0.2) is 60.5 Å². The standard InChI is InChI=1S/C18H18Cl2N6O4/c1-2-21-17(29)14-12(27)13(28)18(30-14)26-7-24-11-15(22-6-23-16(11)26)25-8-3-4-9(19)10(20)5-8/h3-7,12-14,18,27-28H,2H2,1H3,(H,21,29)(H,22,23,25)/t12-,13+,14-,18+/m0/s1. The minimum absolute atomic E-state index is 0.348. The van der Waals surface area contributed by atoms with E-state index in [1.165, 1.54) is 17.2 Å². The summed E-state index contributed by atoms with van der Waals surface area (Å²) in [6, 6.07) is 5.02. The van der Waals surface area contributed by atoms with Crippen LogP contribution in [0.15, 0.2) is 30.9 Å². The maximum atomic E-state index is 12.1. The number of fused-ring (bicyclic) bond motifs is 1. The molecule has 0 saturated carbocycles. The number of likely N-dealkylation sites (N-methyl/N-ethyl adjacent to an activating group) is 1. The summed E-state index contributed by atoms with van der Waals surface area (Å²) in [6.45, 7) is 2.12. The molecule has 1 saturated heterocycles. The maximum absolute atomic E-state index is 12.1. The molecule has 1 amide bonds. The molecule has 0 radical (unpaired) electrons. The Kier molecular flexibility index (Phi) is 5.76. The third kappa shape index (κ3) is 3.68. The Morgan fingerprint density at radius 2 is 2.00 bits per heavy atom. The summed E-state index contributed by atoms with van der Waals surface area (Å²) in [7, 11) is 0. The van der Waals surface area contributed by atoms with E-state index in [1.54, 1.807) is 25.1 Å². The third-order valence-corrected chi connectivity index (χ3v) is 5.40. The lowest BCUT2D eigenvalue weighted by Gasteiger charge is -2.16. The number of halogens is 2. The number of aliphatic hydroxyl groups excluding tert-OH is 2. The number of ether oxygens (including phenoxy) is 1. The molecule has 1 aliphatic heterocycles. The molecular weight excluding hydrogens is 435 g/mol. The molecule has 3 heterocycles. The normalized spacial score (nSPS) is 23.6. The lowest BCUT2D eigenvalue weighted by molar-refractivity contribution is -0.137. The highest BCUT2D eigenvalue weighted by molar-refractivity contribution is 6.42. The van der Waals surface area contributed by atoms with Crippen LogP contribution in [0.2, 0.25) is 10.0 Å². The number of amides is 1. The molecule has 4 rings (SSSR count). The van der Waals surface area contributed by atoms with Gasteiger partial charge in [0.2, 0.25) is 0 Å². The molecule has 0 bridgehead atoms. The van der Waals surface area contributed by atoms with Crippen molar-refractivity contribution in [2.24, 2.45) is 0 Å². The van der Waals surface area contributed by atoms with Crippen molar-refractivity contribution in [1.29, 1.82) is 0 Å². The van der Waals surface area contributed by atoms with Crippen LogP contribution >= 0.6 is 23.2 Å². The molecule has 1 fully saturated rings. The average Bonchev–Trinajstić information content (AvgIpc) is 3.27. The Morgan fingerprint density at radius 1 is 1.20 bits per heavy atom. The first kappa shape index (κ1) is 20.8. The molecule has 10 nitrogen and oxygen atoms in total. The van der Waals surface area contributed by atoms with Gasteiger partial charge in [-0.25, -0.2) is 15.0 Å². The number of imidazole rings is 1. The van der Waals surface area contributed by atoms with Gasteiger partial charge in [-0.2, -0.15) is 0 Å². The average molecular weight is 453 g/mol. The van der Waals surface area contributed by atoms with Crippen molar-refractivity contribution in [2.75, 3.05) is 11.9 Å². The number of aliphatic hydroxyl groups is 2. The van der Waals surface area contributed by atoms with E-state index in [0.29, 0.717) is 39.3 Å². The number of benzene rings is 1. The summed E-state index contributed by atoms with van der Waals surface area (Å²) in [6.07, 6.45) is -2.28. The van der Waals surface area contributed by atoms with Gasteiger partial charge in [0.05, 0.1) is 16.4 Å². The molecule has 0 spiro atoms. The van der Waals surface area contributed by atoms with Crippen molar-refractivity contribution in [3.05, 3.63) is 40.9 Å². The summed E-state index contributed by atoms with van der Waals surface area (Å²) >= 11 is 12.0. The number of rotatable bonds is 5. The van der Waals surface area contributed by atoms with E-state index >= 15 is 0 Å². The Balaban J connectivity index is 1.65. The van der Waals surface area contributed by atoms with E-state index < -0.39 is 30.4 Å². The smallest absolute Gasteiger partial charge is 0.252 e. The number of carbonyl (C=O) groups excluding carboxylic acids is 1. The highest BCUT2D eigenvalue weighted by Gasteiger charge is 2.47. The molecule has 1 aromatic carbocycles. The summed E-state index contributed by atoms with van der Waals surface area (Å²) in [5, 5.41) is 27.2. The highest BCUT2D eigenvalue weighted by atomic mass is 35.5. The van der Waals surface area contributed by atoms with E-state index in [9.17, 15) is 15.0 Å². The third-order valence-electron chi connectivity index (χ3n) is 4.66. The van der Waals surface area contributed by atoms with Crippen LogP contribution in [0, 0.1) is 0 Å². The van der Waals surface area contributed by atoms with Gasteiger partial charge in [0.25, 0.3) is 5.91 Å². The largest absolute Gasteiger partial charge is 0.387 e. The fourth-order valence-electron chi connectivity index (χ4n) is 3.22. The maximum Gasteiger partial charge on any atom is 0.252 e. The van der Waals surface area contributed by atoms with Gasteiger partial charge in [0, 0.05) is 12.2 Å². The van der Waals surface area contributed by atoms with Crippen LogP contribution in [0.1, 0.15) is 13.2 Å². The van der Waals surface area contributed by atoms with E-state index in [2.05, 4.69) is 25.6 Å². The first-order chi connectivity index (χ1) is 14.4. The second-order valence-electron chi connectivity index (χ2n) is 6.62. The van der Waals surface area contributed by atoms with Crippen molar-refractivity contribution in [3.63, 3.8) is 0 Å². The summed E-state index contributed by atoms with van der Waals surface area (Å²) in [5.41, 5.74) is 1.39. The van der Waals surface area contributed by atoms with Gasteiger partial charge in [-0.15, -0.1) is 0 Å². The number of anilines is 2. The summed E-state index contributed by atoms with van der Waals surface area (Å²) in [5.74, 6) is -0.113. The molecule has 158 valence electrons. The van der Waals surface area contributed by atoms with Gasteiger partial charge in [0.15, 0.2) is 29.3 Å². The number of hydrogen-bond donors (Lipinski definition) is 4. The van der Waals surface area contributed by atoms with Crippen LogP contribution in [0.4, 0.5) is 11.5 Å². The predicted octanol–water partition coefficient (Wildman–Crippen LogP) is 1.63. The molecule has 12 heteroatoms. The van der Waals surface area contributed by atoms with Gasteiger partial charge in [0.1, 0.15) is 18.5 Å². The van der Waals surface area contributed by atoms with Gasteiger partial charge in [-0.1, -0.05) is 23.2 Å². The topological polar surface area (TPSA) is 134 Å². The zero-order valence-electron chi connectivity index (χ0n) is 15.7. The first-order valence-corrected chi connectivity index (χ1v) is 9.85. The number of hydrogen-bond acceptors (Lipinski definition) is 8. The SMILES string of the molecule is CCNC(=O)[C@H]1O[C@@H](n2cnc3c(Nc4ccc(Cl)c(Cl)c4)ncnc32)[C@H](O)[C@@H]1O. The molecule has 0 unspecified atom stereocenters. The van der Waals surface area contributed by atoms with E-state index in [-0.39, 0.29) is 0 Å². The number of nitrogens with one attached hydrogen (secondary N) is 2. The molecule has 0 aliphatic carbocycles. The monoisotopic (exact) mass is 452 g/mol. The Morgan fingerprint density at radius 3 is 2.73 bits per heavy atom. The van der Waals surface area contributed by atoms with Crippen LogP contribution in [0.3, 0.4) is 0 Å². The van der Waals surface area contributed by atoms with Crippen LogP contribution in [0.25, 0.3) is 11.2 Å². The highest BCUT2D eigenvalue weighted by Crippen LogP contribution is 2.33. The zero-order valence-corrected chi connectivity index (χ0v) is 17.2. The molecular formula is C18H18Cl2N6O4. The van der Waals surface area contributed by atoms with Crippen molar-refractivity contribution in [2.45, 2.75) is 31.5 Å². The van der Waals surface area contributed by atoms with Gasteiger partial charge < -0.3 is 25.6 Å². The van der Waals surface area contributed by atoms with Crippen molar-refractivity contribution < 1.29 is 19.7 Å². The molecule has 1 aliphatic rings. The van der Waals surface area contributed by atoms with Crippen LogP contribution < -0.4 is 10.6 Å². The van der Waals surface area contributed by atoms with Crippen molar-refractivity contribution in [1.82, 2.24) is 24.8 Å². The fraction of sp³-hybridized carbons (Fsp3) is 0.333. The van der Waals surface area contributed by atoms with Crippen LogP contribution in [0.5, 0.6) is 0 Å². The second-order valence-corrected chi connectivity index (χ2v) is 7.44. The van der Waals surface area contributed by atoms with Gasteiger partial charge in [-0.3, -0.25) is 9.36 Å². The van der Waals surface area contributed by atoms with Crippen molar-refractivity contribution >= 4 is 51.8 Å². The molecule has 3 aromatic rings. The van der Waals surface area contributed by atoms with Crippen molar-refractivity contribution in [3.8, 4) is 0 Å². The lowest BCUT2D eigenvalue weighted by atomic mass is 10.1. The Labute approximate surface area is 180 Å². The number of carbonyl (C=O) groups is 1. The Bertz CT molecular complexity index is 1090. The molecule has 4 atom stereocenters. The minimum atomic E-state index is -1.39. The van der Waals surface area contributed by atoms with E-state index in [4.69, 9.17) is 27.9 Å². The van der Waals surface area contributed by atoms with E-state index in [1.807, 2.05) is 0 Å². The minimum Gasteiger partial charge on any atom is -0.387 e. The Hall–Kier alpha value is -2.50. The fourth-order valence-corrected chi connectivity index (χ4v) is 3.52. The summed E-state index contributed by atoms with van der Waals surface area (Å²) < 4.78 is 7.09. The van der Waals surface area contributed by atoms with Crippen LogP contribution in [-0.2, 0) is 9.53 Å². The second kappa shape index (κ2) is 8.32. The molecule has 2 aromatic heterocycles. The number of nitrogens with zero attached hydrogens (tertiary/aromatic N) is 4. The number of aromatic nitrogens is 4. The van der Waals surface area contributed by atoms with Gasteiger partial charge >= 0.3 is 0 Å². The molecule has 30 heavy (non-hydrogen) atoms. The first-order valence-electron chi connectivity index (χ1n) is 9.09. The van der Waals surface area contributed by atoms with Gasteiger partial charge in [-0.05, 0) is 25.1 Å².